The molecule has 1 N–H and O–H groups in total. The number of halogens is 1. The predicted octanol–water partition coefficient (Wildman–Crippen LogP) is 5.43. The summed E-state index contributed by atoms with van der Waals surface area (Å²) >= 11 is 6.02. The normalized spacial score (nSPS) is 10.8. The van der Waals surface area contributed by atoms with Crippen LogP contribution in [0.5, 0.6) is 0 Å². The van der Waals surface area contributed by atoms with Crippen molar-refractivity contribution in [2.75, 3.05) is 0 Å². The molecule has 0 atom stereocenters. The molecule has 0 aliphatic rings. The monoisotopic (exact) mass is 353 g/mol. The van der Waals surface area contributed by atoms with Crippen LogP contribution in [0.15, 0.2) is 54.6 Å². The lowest BCUT2D eigenvalue weighted by molar-refractivity contribution is -0.136. The molecule has 2 aromatic carbocycles. The Bertz CT molecular complexity index is 890. The van der Waals surface area contributed by atoms with E-state index in [0.717, 1.165) is 22.6 Å². The maximum Gasteiger partial charge on any atom is 0.303 e. The fourth-order valence-corrected chi connectivity index (χ4v) is 3.27. The summed E-state index contributed by atoms with van der Waals surface area (Å²) in [5.74, 6) is -0.791. The molecule has 4 heteroatoms. The molecule has 0 spiro atoms. The standard InChI is InChI=1S/C21H20ClNO2/c1-14-11-15(2)13-19(12-14)23-18(8-10-21(24)25)7-9-20(23)16-3-5-17(22)6-4-16/h3-7,9,11-13H,8,10H2,1-2H3,(H,24,25). The van der Waals surface area contributed by atoms with Crippen LogP contribution in [0.3, 0.4) is 0 Å². The summed E-state index contributed by atoms with van der Waals surface area (Å²) in [5.41, 5.74) is 6.46. The van der Waals surface area contributed by atoms with Gasteiger partial charge < -0.3 is 9.67 Å². The molecule has 0 aliphatic heterocycles. The van der Waals surface area contributed by atoms with E-state index in [1.165, 1.54) is 11.1 Å². The summed E-state index contributed by atoms with van der Waals surface area (Å²) in [6.45, 7) is 4.14. The van der Waals surface area contributed by atoms with Crippen molar-refractivity contribution < 1.29 is 9.90 Å². The molecule has 0 saturated carbocycles. The molecular formula is C21H20ClNO2. The molecule has 3 aromatic rings. The van der Waals surface area contributed by atoms with Gasteiger partial charge in [0.05, 0.1) is 12.1 Å². The Hall–Kier alpha value is -2.52. The molecule has 0 fully saturated rings. The van der Waals surface area contributed by atoms with Gasteiger partial charge in [0.2, 0.25) is 0 Å². The van der Waals surface area contributed by atoms with Gasteiger partial charge in [0.1, 0.15) is 0 Å². The Morgan fingerprint density at radius 3 is 2.24 bits per heavy atom. The van der Waals surface area contributed by atoms with Gasteiger partial charge in [-0.05, 0) is 73.4 Å². The van der Waals surface area contributed by atoms with Crippen LogP contribution in [0, 0.1) is 13.8 Å². The van der Waals surface area contributed by atoms with E-state index in [1.807, 2.05) is 36.4 Å². The summed E-state index contributed by atoms with van der Waals surface area (Å²) < 4.78 is 2.15. The molecule has 0 bridgehead atoms. The Kier molecular flexibility index (Phi) is 4.95. The van der Waals surface area contributed by atoms with Crippen LogP contribution in [-0.4, -0.2) is 15.6 Å². The van der Waals surface area contributed by atoms with Gasteiger partial charge in [-0.25, -0.2) is 0 Å². The van der Waals surface area contributed by atoms with Crippen molar-refractivity contribution in [3.8, 4) is 16.9 Å². The molecule has 1 heterocycles. The summed E-state index contributed by atoms with van der Waals surface area (Å²) in [5, 5.41) is 9.75. The van der Waals surface area contributed by atoms with Crippen molar-refractivity contribution in [1.82, 2.24) is 4.57 Å². The fourth-order valence-electron chi connectivity index (χ4n) is 3.14. The van der Waals surface area contributed by atoms with Crippen molar-refractivity contribution in [1.29, 1.82) is 0 Å². The van der Waals surface area contributed by atoms with Gasteiger partial charge in [-0.3, -0.25) is 4.79 Å². The van der Waals surface area contributed by atoms with Gasteiger partial charge in [-0.15, -0.1) is 0 Å². The Labute approximate surface area is 152 Å². The van der Waals surface area contributed by atoms with E-state index in [0.29, 0.717) is 11.4 Å². The fraction of sp³-hybridized carbons (Fsp3) is 0.190. The maximum atomic E-state index is 11.0. The molecule has 1 aromatic heterocycles. The third-order valence-electron chi connectivity index (χ3n) is 4.16. The number of rotatable bonds is 5. The van der Waals surface area contributed by atoms with Gasteiger partial charge in [0.25, 0.3) is 0 Å². The number of hydrogen-bond donors (Lipinski definition) is 1. The topological polar surface area (TPSA) is 42.2 Å². The molecule has 3 nitrogen and oxygen atoms in total. The number of aryl methyl sites for hydroxylation is 3. The molecule has 128 valence electrons. The zero-order chi connectivity index (χ0) is 18.0. The number of carbonyl (C=O) groups is 1. The third-order valence-corrected chi connectivity index (χ3v) is 4.41. The van der Waals surface area contributed by atoms with Gasteiger partial charge in [0, 0.05) is 16.4 Å². The van der Waals surface area contributed by atoms with E-state index in [2.05, 4.69) is 36.6 Å². The van der Waals surface area contributed by atoms with Crippen molar-refractivity contribution in [2.24, 2.45) is 0 Å². The summed E-state index contributed by atoms with van der Waals surface area (Å²) in [6.07, 6.45) is 0.588. The van der Waals surface area contributed by atoms with E-state index >= 15 is 0 Å². The van der Waals surface area contributed by atoms with Gasteiger partial charge >= 0.3 is 5.97 Å². The first-order valence-corrected chi connectivity index (χ1v) is 8.59. The molecule has 0 unspecified atom stereocenters. The smallest absolute Gasteiger partial charge is 0.303 e. The lowest BCUT2D eigenvalue weighted by atomic mass is 10.1. The first-order valence-electron chi connectivity index (χ1n) is 8.21. The molecule has 25 heavy (non-hydrogen) atoms. The predicted molar refractivity (Wildman–Crippen MR) is 102 cm³/mol. The minimum absolute atomic E-state index is 0.106. The quantitative estimate of drug-likeness (QED) is 0.664. The van der Waals surface area contributed by atoms with Crippen LogP contribution in [0.4, 0.5) is 0 Å². The number of carboxylic acids is 1. The van der Waals surface area contributed by atoms with Crippen molar-refractivity contribution in [2.45, 2.75) is 26.7 Å². The number of hydrogen-bond acceptors (Lipinski definition) is 1. The number of carboxylic acid groups (broad SMARTS) is 1. The largest absolute Gasteiger partial charge is 0.481 e. The van der Waals surface area contributed by atoms with E-state index in [4.69, 9.17) is 16.7 Å². The van der Waals surface area contributed by atoms with Crippen LogP contribution in [0.1, 0.15) is 23.2 Å². The van der Waals surface area contributed by atoms with Crippen LogP contribution >= 0.6 is 11.6 Å². The highest BCUT2D eigenvalue weighted by Crippen LogP contribution is 2.29. The van der Waals surface area contributed by atoms with Crippen LogP contribution in [0.25, 0.3) is 16.9 Å². The minimum atomic E-state index is -0.791. The Morgan fingerprint density at radius 1 is 1.00 bits per heavy atom. The average Bonchev–Trinajstić information content (AvgIpc) is 2.96. The van der Waals surface area contributed by atoms with Crippen LogP contribution < -0.4 is 0 Å². The second kappa shape index (κ2) is 7.16. The van der Waals surface area contributed by atoms with Gasteiger partial charge in [-0.1, -0.05) is 29.8 Å². The highest BCUT2D eigenvalue weighted by atomic mass is 35.5. The molecule has 0 radical (unpaired) electrons. The first-order chi connectivity index (χ1) is 11.9. The van der Waals surface area contributed by atoms with Crippen molar-refractivity contribution >= 4 is 17.6 Å². The Morgan fingerprint density at radius 2 is 1.64 bits per heavy atom. The first kappa shape index (κ1) is 17.3. The van der Waals surface area contributed by atoms with E-state index in [-0.39, 0.29) is 6.42 Å². The average molecular weight is 354 g/mol. The minimum Gasteiger partial charge on any atom is -0.481 e. The van der Waals surface area contributed by atoms with E-state index in [1.54, 1.807) is 0 Å². The summed E-state index contributed by atoms with van der Waals surface area (Å²) in [6, 6.07) is 18.1. The summed E-state index contributed by atoms with van der Waals surface area (Å²) in [7, 11) is 0. The van der Waals surface area contributed by atoms with Gasteiger partial charge in [0.15, 0.2) is 0 Å². The third kappa shape index (κ3) is 3.94. The van der Waals surface area contributed by atoms with Crippen LogP contribution in [-0.2, 0) is 11.2 Å². The number of aromatic nitrogens is 1. The van der Waals surface area contributed by atoms with Crippen molar-refractivity contribution in [3.05, 3.63) is 76.4 Å². The number of nitrogens with zero attached hydrogens (tertiary/aromatic N) is 1. The zero-order valence-electron chi connectivity index (χ0n) is 14.3. The molecule has 3 rings (SSSR count). The maximum absolute atomic E-state index is 11.0. The zero-order valence-corrected chi connectivity index (χ0v) is 15.0. The second-order valence-electron chi connectivity index (χ2n) is 6.29. The molecule has 0 amide bonds. The van der Waals surface area contributed by atoms with Gasteiger partial charge in [-0.2, -0.15) is 0 Å². The highest BCUT2D eigenvalue weighted by molar-refractivity contribution is 6.30. The lowest BCUT2D eigenvalue weighted by Crippen LogP contribution is -2.06. The van der Waals surface area contributed by atoms with E-state index in [9.17, 15) is 4.79 Å². The highest BCUT2D eigenvalue weighted by Gasteiger charge is 2.14. The number of aliphatic carboxylic acids is 1. The van der Waals surface area contributed by atoms with E-state index < -0.39 is 5.97 Å². The lowest BCUT2D eigenvalue weighted by Gasteiger charge is -2.15. The summed E-state index contributed by atoms with van der Waals surface area (Å²) in [4.78, 5) is 11.0. The Balaban J connectivity index is 2.15. The molecular weight excluding hydrogens is 334 g/mol. The van der Waals surface area contributed by atoms with Crippen molar-refractivity contribution in [3.63, 3.8) is 0 Å². The molecule has 0 aliphatic carbocycles. The molecule has 0 saturated heterocycles. The van der Waals surface area contributed by atoms with Crippen LogP contribution in [0.2, 0.25) is 5.02 Å². The SMILES string of the molecule is Cc1cc(C)cc(-n2c(CCC(=O)O)ccc2-c2ccc(Cl)cc2)c1. The second-order valence-corrected chi connectivity index (χ2v) is 6.73. The number of benzene rings is 2.